The maximum Gasteiger partial charge on any atom is 0.417 e. The molecule has 0 spiro atoms. The Balaban J connectivity index is 2.43. The van der Waals surface area contributed by atoms with Crippen LogP contribution in [0, 0.1) is 10.1 Å². The van der Waals surface area contributed by atoms with Crippen molar-refractivity contribution in [3.05, 3.63) is 33.9 Å². The monoisotopic (exact) mass is 367 g/mol. The zero-order valence-corrected chi connectivity index (χ0v) is 13.4. The SMILES string of the molecule is CC1NCCCC1NS(=O)(=O)c1ccc([N+](=O)[O-])cc1C(F)(F)F. The predicted octanol–water partition coefficient (Wildman–Crippen LogP) is 2.03. The molecule has 1 fully saturated rings. The number of benzene rings is 1. The number of nitrogens with zero attached hydrogens (tertiary/aromatic N) is 1. The van der Waals surface area contributed by atoms with E-state index in [9.17, 15) is 31.7 Å². The molecular formula is C13H16F3N3O4S. The quantitative estimate of drug-likeness (QED) is 0.626. The summed E-state index contributed by atoms with van der Waals surface area (Å²) >= 11 is 0. The van der Waals surface area contributed by atoms with Crippen LogP contribution in [0.1, 0.15) is 25.3 Å². The fourth-order valence-electron chi connectivity index (χ4n) is 2.56. The lowest BCUT2D eigenvalue weighted by atomic mass is 10.0. The Hall–Kier alpha value is -1.72. The minimum Gasteiger partial charge on any atom is -0.313 e. The zero-order valence-electron chi connectivity index (χ0n) is 12.6. The second-order valence-corrected chi connectivity index (χ2v) is 7.23. The van der Waals surface area contributed by atoms with Crippen LogP contribution in [0.3, 0.4) is 0 Å². The molecule has 0 saturated carbocycles. The van der Waals surface area contributed by atoms with Gasteiger partial charge in [-0.2, -0.15) is 13.2 Å². The molecule has 7 nitrogen and oxygen atoms in total. The summed E-state index contributed by atoms with van der Waals surface area (Å²) in [7, 11) is -4.48. The van der Waals surface area contributed by atoms with E-state index in [1.165, 1.54) is 0 Å². The second kappa shape index (κ2) is 6.65. The van der Waals surface area contributed by atoms with Crippen LogP contribution in [-0.4, -0.2) is 32.0 Å². The number of rotatable bonds is 4. The first-order valence-corrected chi connectivity index (χ1v) is 8.62. The van der Waals surface area contributed by atoms with Crippen molar-refractivity contribution in [2.75, 3.05) is 6.54 Å². The summed E-state index contributed by atoms with van der Waals surface area (Å²) in [5.74, 6) is 0. The number of hydrogen-bond donors (Lipinski definition) is 2. The van der Waals surface area contributed by atoms with Crippen LogP contribution in [-0.2, 0) is 16.2 Å². The predicted molar refractivity (Wildman–Crippen MR) is 78.9 cm³/mol. The molecule has 24 heavy (non-hydrogen) atoms. The van der Waals surface area contributed by atoms with Gasteiger partial charge in [0.05, 0.1) is 15.4 Å². The van der Waals surface area contributed by atoms with E-state index in [1.807, 2.05) is 0 Å². The van der Waals surface area contributed by atoms with Gasteiger partial charge < -0.3 is 5.32 Å². The molecule has 2 rings (SSSR count). The molecule has 0 radical (unpaired) electrons. The molecule has 0 amide bonds. The van der Waals surface area contributed by atoms with Gasteiger partial charge in [0.15, 0.2) is 0 Å². The molecule has 2 unspecified atom stereocenters. The fraction of sp³-hybridized carbons (Fsp3) is 0.538. The highest BCUT2D eigenvalue weighted by molar-refractivity contribution is 7.89. The molecule has 11 heteroatoms. The number of nitro groups is 1. The van der Waals surface area contributed by atoms with Crippen LogP contribution >= 0.6 is 0 Å². The Labute approximate surface area is 136 Å². The van der Waals surface area contributed by atoms with Gasteiger partial charge in [-0.15, -0.1) is 0 Å². The number of piperidine rings is 1. The maximum absolute atomic E-state index is 13.2. The van der Waals surface area contributed by atoms with E-state index in [-0.39, 0.29) is 12.1 Å². The van der Waals surface area contributed by atoms with E-state index >= 15 is 0 Å². The first-order chi connectivity index (χ1) is 11.0. The van der Waals surface area contributed by atoms with E-state index in [0.717, 1.165) is 6.07 Å². The molecule has 1 aromatic rings. The molecule has 0 aliphatic carbocycles. The van der Waals surface area contributed by atoms with Crippen molar-refractivity contribution >= 4 is 15.7 Å². The van der Waals surface area contributed by atoms with Gasteiger partial charge in [0.2, 0.25) is 10.0 Å². The van der Waals surface area contributed by atoms with Crippen LogP contribution < -0.4 is 10.0 Å². The van der Waals surface area contributed by atoms with Crippen LogP contribution in [0.25, 0.3) is 0 Å². The Kier molecular flexibility index (Phi) is 5.16. The number of hydrogen-bond acceptors (Lipinski definition) is 5. The molecule has 1 heterocycles. The van der Waals surface area contributed by atoms with Crippen molar-refractivity contribution in [1.29, 1.82) is 0 Å². The van der Waals surface area contributed by atoms with Gasteiger partial charge in [-0.1, -0.05) is 0 Å². The summed E-state index contributed by atoms with van der Waals surface area (Å²) in [4.78, 5) is 8.64. The Bertz CT molecular complexity index is 736. The van der Waals surface area contributed by atoms with Crippen molar-refractivity contribution in [2.24, 2.45) is 0 Å². The molecule has 1 aliphatic rings. The number of nitro benzene ring substituents is 1. The Morgan fingerprint density at radius 3 is 2.58 bits per heavy atom. The summed E-state index contributed by atoms with van der Waals surface area (Å²) in [5.41, 5.74) is -2.38. The third-order valence-electron chi connectivity index (χ3n) is 3.84. The van der Waals surface area contributed by atoms with Crippen LogP contribution in [0.2, 0.25) is 0 Å². The maximum atomic E-state index is 13.2. The first kappa shape index (κ1) is 18.6. The van der Waals surface area contributed by atoms with Crippen molar-refractivity contribution in [3.8, 4) is 0 Å². The zero-order chi connectivity index (χ0) is 18.1. The van der Waals surface area contributed by atoms with Crippen molar-refractivity contribution in [3.63, 3.8) is 0 Å². The van der Waals surface area contributed by atoms with Gasteiger partial charge in [-0.3, -0.25) is 10.1 Å². The van der Waals surface area contributed by atoms with Crippen LogP contribution in [0.15, 0.2) is 23.1 Å². The lowest BCUT2D eigenvalue weighted by Gasteiger charge is -2.30. The summed E-state index contributed by atoms with van der Waals surface area (Å²) in [6.07, 6.45) is -3.86. The number of halogens is 3. The highest BCUT2D eigenvalue weighted by Crippen LogP contribution is 2.36. The van der Waals surface area contributed by atoms with E-state index < -0.39 is 43.3 Å². The fourth-order valence-corrected chi connectivity index (χ4v) is 4.11. The minimum absolute atomic E-state index is 0.233. The van der Waals surface area contributed by atoms with E-state index in [2.05, 4.69) is 10.0 Å². The minimum atomic E-state index is -5.04. The average molecular weight is 367 g/mol. The molecule has 134 valence electrons. The standard InChI is InChI=1S/C13H16F3N3O4S/c1-8-11(3-2-6-17-8)18-24(22,23)12-5-4-9(19(20)21)7-10(12)13(14,15)16/h4-5,7-8,11,17-18H,2-3,6H2,1H3. The van der Waals surface area contributed by atoms with Gasteiger partial charge in [0, 0.05) is 24.2 Å². The van der Waals surface area contributed by atoms with Crippen LogP contribution in [0.4, 0.5) is 18.9 Å². The molecular weight excluding hydrogens is 351 g/mol. The molecule has 0 bridgehead atoms. The van der Waals surface area contributed by atoms with E-state index in [0.29, 0.717) is 25.5 Å². The number of sulfonamides is 1. The molecule has 1 saturated heterocycles. The molecule has 2 N–H and O–H groups in total. The largest absolute Gasteiger partial charge is 0.417 e. The van der Waals surface area contributed by atoms with Gasteiger partial charge >= 0.3 is 6.18 Å². The Morgan fingerprint density at radius 1 is 1.38 bits per heavy atom. The van der Waals surface area contributed by atoms with Crippen LogP contribution in [0.5, 0.6) is 0 Å². The number of non-ortho nitro benzene ring substituents is 1. The molecule has 1 aliphatic heterocycles. The summed E-state index contributed by atoms with van der Waals surface area (Å²) in [5, 5.41) is 13.7. The third-order valence-corrected chi connectivity index (χ3v) is 5.39. The topological polar surface area (TPSA) is 101 Å². The highest BCUT2D eigenvalue weighted by atomic mass is 32.2. The Morgan fingerprint density at radius 2 is 2.04 bits per heavy atom. The highest BCUT2D eigenvalue weighted by Gasteiger charge is 2.39. The lowest BCUT2D eigenvalue weighted by Crippen LogP contribution is -2.51. The van der Waals surface area contributed by atoms with Crippen molar-refractivity contribution in [2.45, 2.75) is 42.9 Å². The van der Waals surface area contributed by atoms with Crippen molar-refractivity contribution in [1.82, 2.24) is 10.0 Å². The van der Waals surface area contributed by atoms with Crippen molar-refractivity contribution < 1.29 is 26.5 Å². The first-order valence-electron chi connectivity index (χ1n) is 7.14. The number of alkyl halides is 3. The molecule has 1 aromatic carbocycles. The molecule has 2 atom stereocenters. The third kappa shape index (κ3) is 4.02. The van der Waals surface area contributed by atoms with Gasteiger partial charge in [0.25, 0.3) is 5.69 Å². The van der Waals surface area contributed by atoms with Gasteiger partial charge in [-0.05, 0) is 32.4 Å². The smallest absolute Gasteiger partial charge is 0.313 e. The summed E-state index contributed by atoms with van der Waals surface area (Å²) < 4.78 is 66.5. The van der Waals surface area contributed by atoms with Gasteiger partial charge in [0.1, 0.15) is 0 Å². The summed E-state index contributed by atoms with van der Waals surface area (Å²) in [6, 6.07) is 0.800. The number of nitrogens with one attached hydrogen (secondary N) is 2. The van der Waals surface area contributed by atoms with Gasteiger partial charge in [-0.25, -0.2) is 13.1 Å². The van der Waals surface area contributed by atoms with E-state index in [1.54, 1.807) is 6.92 Å². The van der Waals surface area contributed by atoms with E-state index in [4.69, 9.17) is 0 Å². The summed E-state index contributed by atoms with van der Waals surface area (Å²) in [6.45, 7) is 2.43. The average Bonchev–Trinajstić information content (AvgIpc) is 2.48. The second-order valence-electron chi connectivity index (χ2n) is 5.55. The normalized spacial score (nSPS) is 22.3. The molecule has 0 aromatic heterocycles. The lowest BCUT2D eigenvalue weighted by molar-refractivity contribution is -0.385.